The first-order valence-electron chi connectivity index (χ1n) is 9.03. The van der Waals surface area contributed by atoms with Crippen molar-refractivity contribution in [3.8, 4) is 11.5 Å². The second-order valence-corrected chi connectivity index (χ2v) is 8.41. The standard InChI is InChI=1S/C21H15N3O6S/c1-13-6-9-15(10-7-13)31(28,29)23-19-12-14(24(26)27)8-11-16(19)20-22-18-5-3-2-4-17(18)21(25)30-20/h2-12,23H,1H3. The summed E-state index contributed by atoms with van der Waals surface area (Å²) in [5, 5.41) is 11.5. The number of hydrogen-bond donors (Lipinski definition) is 1. The summed E-state index contributed by atoms with van der Waals surface area (Å²) in [6.07, 6.45) is 0. The van der Waals surface area contributed by atoms with Crippen LogP contribution in [-0.4, -0.2) is 18.3 Å². The van der Waals surface area contributed by atoms with Crippen molar-refractivity contribution in [1.82, 2.24) is 4.98 Å². The minimum absolute atomic E-state index is 0.0246. The quantitative estimate of drug-likeness (QED) is 0.370. The summed E-state index contributed by atoms with van der Waals surface area (Å²) in [5.41, 5.74) is 0.168. The molecule has 0 spiro atoms. The maximum absolute atomic E-state index is 12.9. The van der Waals surface area contributed by atoms with E-state index in [2.05, 4.69) is 9.71 Å². The molecule has 0 saturated heterocycles. The number of nitrogens with zero attached hydrogens (tertiary/aromatic N) is 2. The average Bonchev–Trinajstić information content (AvgIpc) is 2.73. The van der Waals surface area contributed by atoms with E-state index in [1.165, 1.54) is 24.3 Å². The van der Waals surface area contributed by atoms with Crippen LogP contribution in [0.15, 0.2) is 80.8 Å². The Labute approximate surface area is 176 Å². The van der Waals surface area contributed by atoms with Crippen LogP contribution in [-0.2, 0) is 10.0 Å². The molecule has 0 fully saturated rings. The first-order chi connectivity index (χ1) is 14.7. The van der Waals surface area contributed by atoms with Gasteiger partial charge in [-0.1, -0.05) is 29.8 Å². The highest BCUT2D eigenvalue weighted by atomic mass is 32.2. The summed E-state index contributed by atoms with van der Waals surface area (Å²) in [4.78, 5) is 27.2. The van der Waals surface area contributed by atoms with Crippen molar-refractivity contribution in [3.05, 3.63) is 92.8 Å². The largest absolute Gasteiger partial charge is 0.403 e. The van der Waals surface area contributed by atoms with E-state index in [4.69, 9.17) is 4.42 Å². The van der Waals surface area contributed by atoms with Crippen LogP contribution in [0.4, 0.5) is 11.4 Å². The van der Waals surface area contributed by atoms with Crippen LogP contribution in [0.1, 0.15) is 5.56 Å². The number of anilines is 1. The van der Waals surface area contributed by atoms with E-state index in [1.54, 1.807) is 36.4 Å². The first kappa shape index (κ1) is 20.2. The molecular formula is C21H15N3O6S. The van der Waals surface area contributed by atoms with Gasteiger partial charge in [-0.3, -0.25) is 14.8 Å². The van der Waals surface area contributed by atoms with Crippen LogP contribution < -0.4 is 10.3 Å². The summed E-state index contributed by atoms with van der Waals surface area (Å²) >= 11 is 0. The van der Waals surface area contributed by atoms with E-state index < -0.39 is 20.6 Å². The molecule has 1 heterocycles. The number of aryl methyl sites for hydroxylation is 1. The predicted octanol–water partition coefficient (Wildman–Crippen LogP) is 3.87. The third-order valence-electron chi connectivity index (χ3n) is 4.56. The lowest BCUT2D eigenvalue weighted by Crippen LogP contribution is -2.14. The highest BCUT2D eigenvalue weighted by Crippen LogP contribution is 2.32. The van der Waals surface area contributed by atoms with E-state index in [1.807, 2.05) is 6.92 Å². The number of sulfonamides is 1. The fraction of sp³-hybridized carbons (Fsp3) is 0.0476. The van der Waals surface area contributed by atoms with Gasteiger partial charge in [-0.15, -0.1) is 0 Å². The Balaban J connectivity index is 1.87. The van der Waals surface area contributed by atoms with Gasteiger partial charge in [-0.2, -0.15) is 0 Å². The zero-order chi connectivity index (χ0) is 22.2. The Morgan fingerprint density at radius 1 is 1.03 bits per heavy atom. The molecule has 0 aliphatic carbocycles. The minimum Gasteiger partial charge on any atom is -0.403 e. The molecule has 1 aromatic heterocycles. The summed E-state index contributed by atoms with van der Waals surface area (Å²) < 4.78 is 33.4. The maximum atomic E-state index is 12.9. The molecular weight excluding hydrogens is 422 g/mol. The summed E-state index contributed by atoms with van der Waals surface area (Å²) in [6, 6.07) is 16.1. The molecule has 4 rings (SSSR count). The van der Waals surface area contributed by atoms with Gasteiger partial charge in [0.1, 0.15) is 0 Å². The molecule has 0 radical (unpaired) electrons. The minimum atomic E-state index is -4.08. The van der Waals surface area contributed by atoms with Gasteiger partial charge >= 0.3 is 5.63 Å². The molecule has 3 aromatic carbocycles. The van der Waals surface area contributed by atoms with Crippen LogP contribution in [0.3, 0.4) is 0 Å². The topological polar surface area (TPSA) is 132 Å². The summed E-state index contributed by atoms with van der Waals surface area (Å²) in [5.74, 6) is -0.166. The molecule has 0 aliphatic heterocycles. The van der Waals surface area contributed by atoms with Crippen LogP contribution in [0.5, 0.6) is 0 Å². The number of nitrogens with one attached hydrogen (secondary N) is 1. The van der Waals surface area contributed by atoms with Gasteiger partial charge in [-0.25, -0.2) is 18.2 Å². The lowest BCUT2D eigenvalue weighted by molar-refractivity contribution is -0.384. The molecule has 10 heteroatoms. The summed E-state index contributed by atoms with van der Waals surface area (Å²) in [7, 11) is -4.08. The fourth-order valence-corrected chi connectivity index (χ4v) is 4.04. The molecule has 1 N–H and O–H groups in total. The third kappa shape index (κ3) is 4.01. The van der Waals surface area contributed by atoms with Crippen LogP contribution >= 0.6 is 0 Å². The third-order valence-corrected chi connectivity index (χ3v) is 5.94. The van der Waals surface area contributed by atoms with Crippen molar-refractivity contribution in [3.63, 3.8) is 0 Å². The molecule has 0 aliphatic rings. The van der Waals surface area contributed by atoms with Crippen LogP contribution in [0.2, 0.25) is 0 Å². The van der Waals surface area contributed by atoms with Crippen molar-refractivity contribution in [2.75, 3.05) is 4.72 Å². The molecule has 0 unspecified atom stereocenters. The molecule has 9 nitrogen and oxygen atoms in total. The number of para-hydroxylation sites is 1. The lowest BCUT2D eigenvalue weighted by Gasteiger charge is -2.12. The molecule has 0 atom stereocenters. The lowest BCUT2D eigenvalue weighted by atomic mass is 10.1. The van der Waals surface area contributed by atoms with Crippen LogP contribution in [0.25, 0.3) is 22.4 Å². The Morgan fingerprint density at radius 3 is 2.45 bits per heavy atom. The zero-order valence-electron chi connectivity index (χ0n) is 16.1. The monoisotopic (exact) mass is 437 g/mol. The zero-order valence-corrected chi connectivity index (χ0v) is 16.9. The summed E-state index contributed by atoms with van der Waals surface area (Å²) in [6.45, 7) is 1.82. The molecule has 156 valence electrons. The number of benzene rings is 3. The second-order valence-electron chi connectivity index (χ2n) is 6.73. The van der Waals surface area contributed by atoms with Gasteiger partial charge < -0.3 is 4.42 Å². The second kappa shape index (κ2) is 7.65. The highest BCUT2D eigenvalue weighted by molar-refractivity contribution is 7.92. The van der Waals surface area contributed by atoms with Gasteiger partial charge in [-0.05, 0) is 37.3 Å². The smallest absolute Gasteiger partial charge is 0.347 e. The fourth-order valence-electron chi connectivity index (χ4n) is 2.97. The number of nitro groups is 1. The predicted molar refractivity (Wildman–Crippen MR) is 114 cm³/mol. The van der Waals surface area contributed by atoms with Gasteiger partial charge in [0.05, 0.1) is 32.0 Å². The maximum Gasteiger partial charge on any atom is 0.347 e. The number of rotatable bonds is 5. The molecule has 31 heavy (non-hydrogen) atoms. The molecule has 4 aromatic rings. The molecule has 0 saturated carbocycles. The van der Waals surface area contributed by atoms with Crippen molar-refractivity contribution in [1.29, 1.82) is 0 Å². The van der Waals surface area contributed by atoms with E-state index in [0.717, 1.165) is 11.6 Å². The van der Waals surface area contributed by atoms with E-state index in [9.17, 15) is 23.3 Å². The molecule has 0 amide bonds. The highest BCUT2D eigenvalue weighted by Gasteiger charge is 2.21. The Hall–Kier alpha value is -4.05. The first-order valence-corrected chi connectivity index (χ1v) is 10.5. The van der Waals surface area contributed by atoms with Crippen molar-refractivity contribution in [2.45, 2.75) is 11.8 Å². The molecule has 0 bridgehead atoms. The number of non-ortho nitro benzene ring substituents is 1. The number of nitro benzene ring substituents is 1. The van der Waals surface area contributed by atoms with Crippen LogP contribution in [0, 0.1) is 17.0 Å². The van der Waals surface area contributed by atoms with Gasteiger partial charge in [0.25, 0.3) is 15.7 Å². The van der Waals surface area contributed by atoms with Gasteiger partial charge in [0.2, 0.25) is 5.89 Å². The van der Waals surface area contributed by atoms with E-state index in [0.29, 0.717) is 5.52 Å². The Kier molecular flexibility index (Phi) is 4.99. The van der Waals surface area contributed by atoms with E-state index >= 15 is 0 Å². The number of fused-ring (bicyclic) bond motifs is 1. The van der Waals surface area contributed by atoms with Gasteiger partial charge in [0.15, 0.2) is 0 Å². The van der Waals surface area contributed by atoms with Gasteiger partial charge in [0, 0.05) is 12.1 Å². The van der Waals surface area contributed by atoms with Crippen molar-refractivity contribution in [2.24, 2.45) is 0 Å². The van der Waals surface area contributed by atoms with E-state index in [-0.39, 0.29) is 33.1 Å². The Bertz CT molecular complexity index is 1480. The number of aromatic nitrogens is 1. The average molecular weight is 437 g/mol. The SMILES string of the molecule is Cc1ccc(S(=O)(=O)Nc2cc([N+](=O)[O-])ccc2-c2nc3ccccc3c(=O)o2)cc1. The van der Waals surface area contributed by atoms with Crippen molar-refractivity contribution >= 4 is 32.3 Å². The Morgan fingerprint density at radius 2 is 1.74 bits per heavy atom. The van der Waals surface area contributed by atoms with Crippen molar-refractivity contribution < 1.29 is 17.8 Å². The normalized spacial score (nSPS) is 11.4. The number of hydrogen-bond acceptors (Lipinski definition) is 7.